The molecule has 4 heterocycles. The number of aliphatic hydroxyl groups excluding tert-OH is 1. The molecule has 1 aromatic rings. The molecule has 5 N–H and O–H groups in total. The maximum Gasteiger partial charge on any atom is 0.302 e. The van der Waals surface area contributed by atoms with Gasteiger partial charge in [-0.2, -0.15) is 0 Å². The van der Waals surface area contributed by atoms with Crippen molar-refractivity contribution in [1.29, 1.82) is 0 Å². The number of nitrogens with one attached hydrogen (secondary N) is 1. The van der Waals surface area contributed by atoms with E-state index in [1.165, 1.54) is 20.5 Å². The van der Waals surface area contributed by atoms with Crippen molar-refractivity contribution in [3.8, 4) is 23.3 Å². The number of carbonyl (C=O) groups is 1. The lowest BCUT2D eigenvalue weighted by Crippen LogP contribution is -2.53. The summed E-state index contributed by atoms with van der Waals surface area (Å²) in [6.07, 6.45) is 3.72. The number of methoxy groups -OCH3 is 1. The van der Waals surface area contributed by atoms with Crippen LogP contribution in [0.4, 0.5) is 0 Å². The molecule has 10 nitrogen and oxygen atoms in total. The molecule has 1 aliphatic carbocycles. The number of rotatable bonds is 4. The van der Waals surface area contributed by atoms with Crippen molar-refractivity contribution in [3.05, 3.63) is 23.8 Å². The van der Waals surface area contributed by atoms with Crippen molar-refractivity contribution < 1.29 is 24.5 Å². The Morgan fingerprint density at radius 2 is 1.95 bits per heavy atom. The molecule has 4 bridgehead atoms. The molecule has 1 spiro atoms. The van der Waals surface area contributed by atoms with Gasteiger partial charge in [0.05, 0.1) is 25.3 Å². The third-order valence-corrected chi connectivity index (χ3v) is 9.45. The Hall–Kier alpha value is -3.00. The lowest BCUT2D eigenvalue weighted by molar-refractivity contribution is -0.151. The van der Waals surface area contributed by atoms with Crippen molar-refractivity contribution in [2.24, 2.45) is 33.9 Å². The summed E-state index contributed by atoms with van der Waals surface area (Å²) < 4.78 is 11.1. The lowest BCUT2D eigenvalue weighted by Gasteiger charge is -2.46. The first-order chi connectivity index (χ1) is 20.2. The first-order valence-electron chi connectivity index (χ1n) is 15.4. The van der Waals surface area contributed by atoms with Crippen LogP contribution >= 0.6 is 0 Å². The number of hydrogen-bond acceptors (Lipinski definition) is 10. The molecule has 0 radical (unpaired) electrons. The van der Waals surface area contributed by atoms with Crippen molar-refractivity contribution in [3.63, 3.8) is 0 Å². The predicted octanol–water partition coefficient (Wildman–Crippen LogP) is 1.94. The van der Waals surface area contributed by atoms with Crippen molar-refractivity contribution in [2.45, 2.75) is 64.1 Å². The molecule has 10 heteroatoms. The number of carbonyl (C=O) groups excluding carboxylic acids is 1. The largest absolute Gasteiger partial charge is 0.504 e. The van der Waals surface area contributed by atoms with Gasteiger partial charge in [-0.1, -0.05) is 12.0 Å². The molecule has 42 heavy (non-hydrogen) atoms. The van der Waals surface area contributed by atoms with E-state index in [9.17, 15) is 15.0 Å². The van der Waals surface area contributed by atoms with Crippen LogP contribution in [0.1, 0.15) is 51.0 Å². The Morgan fingerprint density at radius 1 is 1.19 bits per heavy atom. The van der Waals surface area contributed by atoms with Crippen LogP contribution in [0.3, 0.4) is 0 Å². The van der Waals surface area contributed by atoms with Gasteiger partial charge in [-0.25, -0.2) is 4.99 Å². The van der Waals surface area contributed by atoms with Crippen LogP contribution in [0.15, 0.2) is 23.2 Å². The fraction of sp³-hybridized carbons (Fsp3) is 0.688. The highest BCUT2D eigenvalue weighted by atomic mass is 16.5. The van der Waals surface area contributed by atoms with Crippen molar-refractivity contribution >= 4 is 11.9 Å². The lowest BCUT2D eigenvalue weighted by atomic mass is 9.76. The molecule has 6 atom stereocenters. The predicted molar refractivity (Wildman–Crippen MR) is 161 cm³/mol. The number of nitrogens with two attached hydrogens (primary N) is 1. The van der Waals surface area contributed by atoms with Gasteiger partial charge in [0.25, 0.3) is 0 Å². The first kappa shape index (κ1) is 30.5. The van der Waals surface area contributed by atoms with Gasteiger partial charge in [0.1, 0.15) is 6.10 Å². The molecule has 6 rings (SSSR count). The fourth-order valence-electron chi connectivity index (χ4n) is 7.36. The van der Waals surface area contributed by atoms with Crippen LogP contribution in [-0.2, 0) is 16.0 Å². The van der Waals surface area contributed by atoms with Gasteiger partial charge in [-0.3, -0.25) is 9.69 Å². The second-order valence-corrected chi connectivity index (χ2v) is 12.9. The van der Waals surface area contributed by atoms with E-state index in [0.717, 1.165) is 44.7 Å². The Bertz CT molecular complexity index is 1180. The first-order valence-corrected chi connectivity index (χ1v) is 15.4. The third-order valence-electron chi connectivity index (χ3n) is 9.45. The van der Waals surface area contributed by atoms with Crippen LogP contribution in [0.2, 0.25) is 0 Å². The van der Waals surface area contributed by atoms with E-state index in [-0.39, 0.29) is 23.1 Å². The average Bonchev–Trinajstić information content (AvgIpc) is 2.96. The summed E-state index contributed by atoms with van der Waals surface area (Å²) in [5, 5.41) is 24.7. The molecule has 1 aromatic carbocycles. The average molecular weight is 582 g/mol. The zero-order chi connectivity index (χ0) is 29.7. The van der Waals surface area contributed by atoms with Gasteiger partial charge >= 0.3 is 5.97 Å². The molecule has 0 aromatic heterocycles. The van der Waals surface area contributed by atoms with Crippen LogP contribution in [-0.4, -0.2) is 97.2 Å². The molecule has 2 saturated heterocycles. The number of nitrogens with zero attached hydrogens (tertiary/aromatic N) is 3. The number of aliphatic imine (C=N–C) groups is 1. The van der Waals surface area contributed by atoms with Gasteiger partial charge < -0.3 is 35.6 Å². The minimum atomic E-state index is -0.641. The molecule has 230 valence electrons. The number of aromatic hydroxyl groups is 1. The maximum atomic E-state index is 12.1. The van der Waals surface area contributed by atoms with Crippen LogP contribution in [0.5, 0.6) is 11.5 Å². The quantitative estimate of drug-likeness (QED) is 0.311. The molecule has 4 aliphatic heterocycles. The van der Waals surface area contributed by atoms with Gasteiger partial charge in [-0.05, 0) is 68.2 Å². The summed E-state index contributed by atoms with van der Waals surface area (Å²) in [4.78, 5) is 21.8. The summed E-state index contributed by atoms with van der Waals surface area (Å²) in [5.74, 6) is 8.88. The van der Waals surface area contributed by atoms with Crippen LogP contribution in [0.25, 0.3) is 0 Å². The molecular formula is C32H47N5O5. The highest BCUT2D eigenvalue weighted by Gasteiger charge is 2.37. The number of hydrogen-bond donors (Lipinski definition) is 4. The minimum absolute atomic E-state index is 0.0730. The Balaban J connectivity index is 1.42. The monoisotopic (exact) mass is 581 g/mol. The highest BCUT2D eigenvalue weighted by Crippen LogP contribution is 2.35. The van der Waals surface area contributed by atoms with E-state index in [4.69, 9.17) is 15.2 Å². The second-order valence-electron chi connectivity index (χ2n) is 12.9. The van der Waals surface area contributed by atoms with Gasteiger partial charge in [0.15, 0.2) is 17.5 Å². The van der Waals surface area contributed by atoms with Crippen molar-refractivity contribution in [2.75, 3.05) is 53.0 Å². The summed E-state index contributed by atoms with van der Waals surface area (Å²) in [7, 11) is 1.52. The fourth-order valence-corrected chi connectivity index (χ4v) is 7.36. The Kier molecular flexibility index (Phi) is 9.81. The molecule has 0 saturated carbocycles. The molecule has 0 amide bonds. The number of esters is 1. The number of piperidine rings is 2. The molecule has 6 unspecified atom stereocenters. The second kappa shape index (κ2) is 13.5. The van der Waals surface area contributed by atoms with Gasteiger partial charge in [-0.15, -0.1) is 5.92 Å². The minimum Gasteiger partial charge on any atom is -0.504 e. The number of phenols is 1. The summed E-state index contributed by atoms with van der Waals surface area (Å²) in [5.41, 5.74) is 6.90. The van der Waals surface area contributed by atoms with Crippen LogP contribution in [0, 0.1) is 35.0 Å². The molecular weight excluding hydrogens is 534 g/mol. The summed E-state index contributed by atoms with van der Waals surface area (Å²) >= 11 is 0. The zero-order valence-electron chi connectivity index (χ0n) is 25.1. The van der Waals surface area contributed by atoms with E-state index >= 15 is 0 Å². The number of guanidine groups is 1. The molecule has 2 fully saturated rings. The van der Waals surface area contributed by atoms with Crippen LogP contribution < -0.4 is 15.8 Å². The van der Waals surface area contributed by atoms with E-state index in [1.54, 1.807) is 12.1 Å². The SMILES string of the molecule is COc1cc(CC2CC#CC3(CCC(O)CC2OC(C)=O)CCN2CC4CC(C2)CN(CN=C(N)NC3)C4)ccc1O. The van der Waals surface area contributed by atoms with Gasteiger partial charge in [0.2, 0.25) is 0 Å². The normalized spacial score (nSPS) is 35.3. The Morgan fingerprint density at radius 3 is 2.69 bits per heavy atom. The molecule has 5 aliphatic rings. The topological polar surface area (TPSA) is 133 Å². The smallest absolute Gasteiger partial charge is 0.302 e. The number of aliphatic hydroxyl groups is 1. The zero-order valence-corrected chi connectivity index (χ0v) is 25.1. The summed E-state index contributed by atoms with van der Waals surface area (Å²) in [6.45, 7) is 7.90. The maximum absolute atomic E-state index is 12.1. The number of benzene rings is 1. The number of fused-ring (bicyclic) bond motifs is 4. The van der Waals surface area contributed by atoms with E-state index < -0.39 is 12.2 Å². The van der Waals surface area contributed by atoms with Crippen molar-refractivity contribution in [1.82, 2.24) is 15.1 Å². The number of ether oxygens (including phenoxy) is 2. The van der Waals surface area contributed by atoms with E-state index in [1.807, 2.05) is 6.07 Å². The number of phenolic OH excluding ortho intramolecular Hbond substituents is 1. The third kappa shape index (κ3) is 7.88. The van der Waals surface area contributed by atoms with E-state index in [0.29, 0.717) is 68.9 Å². The van der Waals surface area contributed by atoms with Gasteiger partial charge in [0, 0.05) is 58.4 Å². The summed E-state index contributed by atoms with van der Waals surface area (Å²) in [6, 6.07) is 5.27. The highest BCUT2D eigenvalue weighted by molar-refractivity contribution is 5.77. The Labute approximate surface area is 249 Å². The van der Waals surface area contributed by atoms with E-state index in [2.05, 4.69) is 31.9 Å². The standard InChI is InChI=1S/C32H47N5O5/c1-22(38)42-29-15-27(39)7-9-32(8-3-4-26(29)13-23-5-6-28(40)30(14-23)41-2)10-11-36-16-24-12-25(17-36)19-37(18-24)21-35-31(33)34-20-32/h5-6,14,24-27,29,39-40H,4,7,9-13,15-21H2,1-2H3,(H3,33,34,35).